The molecule has 1 aromatic rings. The summed E-state index contributed by atoms with van der Waals surface area (Å²) in [5, 5.41) is 8.85. The van der Waals surface area contributed by atoms with Crippen molar-refractivity contribution >= 4 is 15.8 Å². The predicted octanol–water partition coefficient (Wildman–Crippen LogP) is 1.60. The van der Waals surface area contributed by atoms with Crippen molar-refractivity contribution in [2.75, 3.05) is 0 Å². The van der Waals surface area contributed by atoms with Crippen molar-refractivity contribution in [2.45, 2.75) is 24.3 Å². The lowest BCUT2D eigenvalue weighted by atomic mass is 10.2. The zero-order valence-corrected chi connectivity index (χ0v) is 10.3. The molecule has 94 valence electrons. The van der Waals surface area contributed by atoms with E-state index >= 15 is 0 Å². The van der Waals surface area contributed by atoms with E-state index in [9.17, 15) is 17.6 Å². The van der Waals surface area contributed by atoms with E-state index in [0.29, 0.717) is 0 Å². The number of carbonyl (C=O) groups is 1. The number of carboxylic acid groups (broad SMARTS) is 1. The maximum atomic E-state index is 13.3. The van der Waals surface area contributed by atoms with Crippen molar-refractivity contribution in [1.82, 2.24) is 0 Å². The summed E-state index contributed by atoms with van der Waals surface area (Å²) in [6, 6.07) is 5.40. The fraction of sp³-hybridized carbons (Fsp3) is 0.364. The zero-order valence-electron chi connectivity index (χ0n) is 9.47. The van der Waals surface area contributed by atoms with Gasteiger partial charge >= 0.3 is 5.97 Å². The number of rotatable bonds is 4. The topological polar surface area (TPSA) is 71.4 Å². The summed E-state index contributed by atoms with van der Waals surface area (Å²) in [6.45, 7) is 2.18. The molecule has 1 rings (SSSR count). The van der Waals surface area contributed by atoms with Gasteiger partial charge in [-0.1, -0.05) is 18.2 Å². The quantitative estimate of drug-likeness (QED) is 0.892. The van der Waals surface area contributed by atoms with Crippen molar-refractivity contribution < 1.29 is 22.7 Å². The van der Waals surface area contributed by atoms with E-state index in [1.807, 2.05) is 0 Å². The minimum atomic E-state index is -3.97. The van der Waals surface area contributed by atoms with Crippen LogP contribution in [-0.2, 0) is 20.4 Å². The van der Waals surface area contributed by atoms with Crippen LogP contribution in [0.25, 0.3) is 0 Å². The molecule has 0 radical (unpaired) electrons. The van der Waals surface area contributed by atoms with E-state index in [4.69, 9.17) is 5.11 Å². The molecule has 0 fully saturated rings. The van der Waals surface area contributed by atoms with Crippen LogP contribution >= 0.6 is 0 Å². The lowest BCUT2D eigenvalue weighted by Gasteiger charge is -2.19. The second-order valence-electron chi connectivity index (χ2n) is 4.17. The van der Waals surface area contributed by atoms with Crippen LogP contribution in [0, 0.1) is 5.82 Å². The SMILES string of the molecule is CC(C)(C(=O)O)S(=O)(=O)Cc1ccccc1F. The lowest BCUT2D eigenvalue weighted by Crippen LogP contribution is -2.41. The number of benzene rings is 1. The van der Waals surface area contributed by atoms with Crippen molar-refractivity contribution in [3.8, 4) is 0 Å². The van der Waals surface area contributed by atoms with Gasteiger partial charge < -0.3 is 5.11 Å². The minimum Gasteiger partial charge on any atom is -0.480 e. The predicted molar refractivity (Wildman–Crippen MR) is 60.7 cm³/mol. The Balaban J connectivity index is 3.12. The Morgan fingerprint density at radius 3 is 2.35 bits per heavy atom. The fourth-order valence-electron chi connectivity index (χ4n) is 1.13. The summed E-state index contributed by atoms with van der Waals surface area (Å²) in [4.78, 5) is 10.9. The standard InChI is InChI=1S/C11H13FO4S/c1-11(2,10(13)14)17(15,16)7-8-5-3-4-6-9(8)12/h3-6H,7H2,1-2H3,(H,13,14). The first-order valence-corrected chi connectivity index (χ1v) is 6.53. The Bertz CT molecular complexity index is 534. The van der Waals surface area contributed by atoms with Crippen LogP contribution in [0.2, 0.25) is 0 Å². The summed E-state index contributed by atoms with van der Waals surface area (Å²) in [7, 11) is -3.97. The molecule has 4 nitrogen and oxygen atoms in total. The molecule has 0 heterocycles. The summed E-state index contributed by atoms with van der Waals surface area (Å²) >= 11 is 0. The first-order chi connectivity index (χ1) is 7.68. The van der Waals surface area contributed by atoms with Gasteiger partial charge in [0.15, 0.2) is 14.6 Å². The Labute approximate surface area is 99.0 Å². The molecule has 0 aliphatic heterocycles. The highest BCUT2D eigenvalue weighted by Gasteiger charge is 2.41. The smallest absolute Gasteiger partial charge is 0.324 e. The second-order valence-corrected chi connectivity index (χ2v) is 6.70. The molecule has 0 saturated heterocycles. The molecule has 0 atom stereocenters. The van der Waals surface area contributed by atoms with Crippen LogP contribution in [0.3, 0.4) is 0 Å². The molecule has 0 amide bonds. The van der Waals surface area contributed by atoms with E-state index < -0.39 is 32.1 Å². The van der Waals surface area contributed by atoms with Gasteiger partial charge in [-0.15, -0.1) is 0 Å². The first-order valence-electron chi connectivity index (χ1n) is 4.87. The van der Waals surface area contributed by atoms with Crippen LogP contribution in [0.5, 0.6) is 0 Å². The van der Waals surface area contributed by atoms with E-state index in [1.54, 1.807) is 0 Å². The highest BCUT2D eigenvalue weighted by atomic mass is 32.2. The van der Waals surface area contributed by atoms with Crippen LogP contribution in [0.15, 0.2) is 24.3 Å². The molecule has 0 aliphatic rings. The van der Waals surface area contributed by atoms with E-state index in [1.165, 1.54) is 18.2 Å². The molecule has 1 N–H and O–H groups in total. The summed E-state index contributed by atoms with van der Waals surface area (Å²) in [6.07, 6.45) is 0. The van der Waals surface area contributed by atoms with E-state index in [2.05, 4.69) is 0 Å². The number of halogens is 1. The van der Waals surface area contributed by atoms with Crippen LogP contribution in [0.4, 0.5) is 4.39 Å². The van der Waals surface area contributed by atoms with Crippen LogP contribution in [0.1, 0.15) is 19.4 Å². The number of sulfone groups is 1. The fourth-order valence-corrected chi connectivity index (χ4v) is 2.40. The molecule has 0 aliphatic carbocycles. The number of hydrogen-bond donors (Lipinski definition) is 1. The normalized spacial score (nSPS) is 12.4. The Kier molecular flexibility index (Phi) is 3.56. The Morgan fingerprint density at radius 1 is 1.35 bits per heavy atom. The molecular formula is C11H13FO4S. The van der Waals surface area contributed by atoms with Crippen LogP contribution in [-0.4, -0.2) is 24.2 Å². The molecular weight excluding hydrogens is 247 g/mol. The highest BCUT2D eigenvalue weighted by Crippen LogP contribution is 2.22. The highest BCUT2D eigenvalue weighted by molar-refractivity contribution is 7.92. The average molecular weight is 260 g/mol. The molecule has 17 heavy (non-hydrogen) atoms. The van der Waals surface area contributed by atoms with Crippen molar-refractivity contribution in [1.29, 1.82) is 0 Å². The first kappa shape index (κ1) is 13.6. The third-order valence-corrected chi connectivity index (χ3v) is 5.02. The monoisotopic (exact) mass is 260 g/mol. The Hall–Kier alpha value is -1.43. The largest absolute Gasteiger partial charge is 0.480 e. The summed E-state index contributed by atoms with van der Waals surface area (Å²) in [5.41, 5.74) is -0.0261. The van der Waals surface area contributed by atoms with Gasteiger partial charge in [-0.05, 0) is 19.9 Å². The van der Waals surface area contributed by atoms with Crippen molar-refractivity contribution in [3.05, 3.63) is 35.6 Å². The lowest BCUT2D eigenvalue weighted by molar-refractivity contribution is -0.139. The molecule has 0 spiro atoms. The minimum absolute atomic E-state index is 0.0261. The van der Waals surface area contributed by atoms with E-state index in [-0.39, 0.29) is 5.56 Å². The van der Waals surface area contributed by atoms with Gasteiger partial charge in [-0.3, -0.25) is 4.79 Å². The maximum absolute atomic E-state index is 13.3. The third kappa shape index (κ3) is 2.63. The van der Waals surface area contributed by atoms with Crippen LogP contribution < -0.4 is 0 Å². The molecule has 0 aromatic heterocycles. The molecule has 6 heteroatoms. The van der Waals surface area contributed by atoms with Gasteiger partial charge in [0.1, 0.15) is 5.82 Å². The Morgan fingerprint density at radius 2 is 1.88 bits per heavy atom. The van der Waals surface area contributed by atoms with Gasteiger partial charge in [0.2, 0.25) is 0 Å². The zero-order chi connectivity index (χ0) is 13.3. The van der Waals surface area contributed by atoms with E-state index in [0.717, 1.165) is 19.9 Å². The summed E-state index contributed by atoms with van der Waals surface area (Å²) < 4.78 is 35.1. The molecule has 0 bridgehead atoms. The summed E-state index contributed by atoms with van der Waals surface area (Å²) in [5.74, 6) is -2.73. The van der Waals surface area contributed by atoms with Gasteiger partial charge in [0.25, 0.3) is 0 Å². The van der Waals surface area contributed by atoms with Crippen molar-refractivity contribution in [3.63, 3.8) is 0 Å². The molecule has 0 unspecified atom stereocenters. The molecule has 0 saturated carbocycles. The van der Waals surface area contributed by atoms with Crippen molar-refractivity contribution in [2.24, 2.45) is 0 Å². The number of aliphatic carboxylic acids is 1. The third-order valence-electron chi connectivity index (χ3n) is 2.60. The second kappa shape index (κ2) is 4.44. The maximum Gasteiger partial charge on any atom is 0.324 e. The van der Waals surface area contributed by atoms with Gasteiger partial charge in [-0.25, -0.2) is 12.8 Å². The average Bonchev–Trinajstić information content (AvgIpc) is 2.20. The van der Waals surface area contributed by atoms with Gasteiger partial charge in [0.05, 0.1) is 5.75 Å². The van der Waals surface area contributed by atoms with Gasteiger partial charge in [0, 0.05) is 5.56 Å². The number of carboxylic acids is 1. The van der Waals surface area contributed by atoms with Gasteiger partial charge in [-0.2, -0.15) is 0 Å². The number of hydrogen-bond acceptors (Lipinski definition) is 3. The molecule has 1 aromatic carbocycles.